The zero-order valence-corrected chi connectivity index (χ0v) is 10.9. The van der Waals surface area contributed by atoms with Crippen LogP contribution >= 0.6 is 0 Å². The van der Waals surface area contributed by atoms with Crippen molar-refractivity contribution >= 4 is 0 Å². The molecule has 1 aromatic rings. The van der Waals surface area contributed by atoms with Gasteiger partial charge in [0.25, 0.3) is 0 Å². The molecule has 0 radical (unpaired) electrons. The Balaban J connectivity index is 2.58. The highest BCUT2D eigenvalue weighted by Gasteiger charge is 2.22. The SMILES string of the molecule is CCC(O)(CC)COc1ccc(C(C)N)cc1. The first-order valence-electron chi connectivity index (χ1n) is 6.21. The van der Waals surface area contributed by atoms with Crippen LogP contribution in [0.25, 0.3) is 0 Å². The van der Waals surface area contributed by atoms with Gasteiger partial charge in [-0.2, -0.15) is 0 Å². The molecular weight excluding hydrogens is 214 g/mol. The second kappa shape index (κ2) is 6.03. The lowest BCUT2D eigenvalue weighted by Crippen LogP contribution is -2.34. The van der Waals surface area contributed by atoms with E-state index in [1.54, 1.807) is 0 Å². The van der Waals surface area contributed by atoms with Gasteiger partial charge in [-0.1, -0.05) is 26.0 Å². The lowest BCUT2D eigenvalue weighted by atomic mass is 9.99. The number of benzene rings is 1. The van der Waals surface area contributed by atoms with E-state index in [0.717, 1.165) is 11.3 Å². The standard InChI is InChI=1S/C14H23NO2/c1-4-14(16,5-2)10-17-13-8-6-12(7-9-13)11(3)15/h6-9,11,16H,4-5,10,15H2,1-3H3. The Morgan fingerprint density at radius 1 is 1.24 bits per heavy atom. The van der Waals surface area contributed by atoms with Crippen LogP contribution in [0, 0.1) is 0 Å². The van der Waals surface area contributed by atoms with Gasteiger partial charge in [0.05, 0.1) is 5.60 Å². The van der Waals surface area contributed by atoms with Crippen molar-refractivity contribution in [2.75, 3.05) is 6.61 Å². The lowest BCUT2D eigenvalue weighted by Gasteiger charge is -2.25. The molecule has 0 saturated carbocycles. The molecule has 0 heterocycles. The summed E-state index contributed by atoms with van der Waals surface area (Å²) in [6.45, 7) is 6.21. The number of rotatable bonds is 6. The predicted octanol–water partition coefficient (Wildman–Crippen LogP) is 2.64. The van der Waals surface area contributed by atoms with Crippen LogP contribution in [0.15, 0.2) is 24.3 Å². The van der Waals surface area contributed by atoms with Crippen LogP contribution in [0.1, 0.15) is 45.2 Å². The summed E-state index contributed by atoms with van der Waals surface area (Å²) >= 11 is 0. The molecule has 1 unspecified atom stereocenters. The Labute approximate surface area is 104 Å². The van der Waals surface area contributed by atoms with Gasteiger partial charge < -0.3 is 15.6 Å². The van der Waals surface area contributed by atoms with Gasteiger partial charge in [-0.3, -0.25) is 0 Å². The van der Waals surface area contributed by atoms with Gasteiger partial charge in [-0.05, 0) is 37.5 Å². The smallest absolute Gasteiger partial charge is 0.119 e. The summed E-state index contributed by atoms with van der Waals surface area (Å²) in [7, 11) is 0. The average Bonchev–Trinajstić information content (AvgIpc) is 2.36. The molecule has 0 bridgehead atoms. The van der Waals surface area contributed by atoms with E-state index in [-0.39, 0.29) is 6.04 Å². The molecule has 0 aromatic heterocycles. The van der Waals surface area contributed by atoms with Crippen molar-refractivity contribution in [3.63, 3.8) is 0 Å². The van der Waals surface area contributed by atoms with Crippen molar-refractivity contribution in [3.05, 3.63) is 29.8 Å². The highest BCUT2D eigenvalue weighted by molar-refractivity contribution is 5.28. The van der Waals surface area contributed by atoms with Crippen LogP contribution in [0.5, 0.6) is 5.75 Å². The molecule has 0 fully saturated rings. The van der Waals surface area contributed by atoms with E-state index in [0.29, 0.717) is 19.4 Å². The molecule has 3 heteroatoms. The minimum atomic E-state index is -0.722. The number of nitrogens with two attached hydrogens (primary N) is 1. The third-order valence-corrected chi connectivity index (χ3v) is 3.23. The van der Waals surface area contributed by atoms with Gasteiger partial charge >= 0.3 is 0 Å². The zero-order valence-electron chi connectivity index (χ0n) is 10.9. The quantitative estimate of drug-likeness (QED) is 0.799. The number of ether oxygens (including phenoxy) is 1. The highest BCUT2D eigenvalue weighted by atomic mass is 16.5. The Morgan fingerprint density at radius 3 is 2.18 bits per heavy atom. The summed E-state index contributed by atoms with van der Waals surface area (Å²) in [6.07, 6.45) is 1.39. The topological polar surface area (TPSA) is 55.5 Å². The Hall–Kier alpha value is -1.06. The van der Waals surface area contributed by atoms with E-state index in [1.807, 2.05) is 45.0 Å². The summed E-state index contributed by atoms with van der Waals surface area (Å²) in [4.78, 5) is 0. The number of hydrogen-bond donors (Lipinski definition) is 2. The van der Waals surface area contributed by atoms with Crippen LogP contribution in [0.3, 0.4) is 0 Å². The predicted molar refractivity (Wildman–Crippen MR) is 70.1 cm³/mol. The van der Waals surface area contributed by atoms with E-state index in [1.165, 1.54) is 0 Å². The van der Waals surface area contributed by atoms with E-state index in [2.05, 4.69) is 0 Å². The average molecular weight is 237 g/mol. The maximum atomic E-state index is 10.1. The fraction of sp³-hybridized carbons (Fsp3) is 0.571. The van der Waals surface area contributed by atoms with Gasteiger partial charge in [0.1, 0.15) is 12.4 Å². The van der Waals surface area contributed by atoms with E-state index in [4.69, 9.17) is 10.5 Å². The van der Waals surface area contributed by atoms with Crippen LogP contribution in [0.2, 0.25) is 0 Å². The summed E-state index contributed by atoms with van der Waals surface area (Å²) in [5, 5.41) is 10.1. The summed E-state index contributed by atoms with van der Waals surface area (Å²) in [5.41, 5.74) is 6.13. The molecule has 96 valence electrons. The van der Waals surface area contributed by atoms with Crippen molar-refractivity contribution in [2.45, 2.75) is 45.3 Å². The van der Waals surface area contributed by atoms with Gasteiger partial charge in [0.2, 0.25) is 0 Å². The first-order valence-corrected chi connectivity index (χ1v) is 6.21. The van der Waals surface area contributed by atoms with Crippen molar-refractivity contribution in [3.8, 4) is 5.75 Å². The molecule has 1 rings (SSSR count). The van der Waals surface area contributed by atoms with E-state index < -0.39 is 5.60 Å². The van der Waals surface area contributed by atoms with Crippen molar-refractivity contribution in [1.29, 1.82) is 0 Å². The third-order valence-electron chi connectivity index (χ3n) is 3.23. The molecule has 0 aliphatic rings. The van der Waals surface area contributed by atoms with Gasteiger partial charge in [0, 0.05) is 6.04 Å². The fourth-order valence-corrected chi connectivity index (χ4v) is 1.54. The van der Waals surface area contributed by atoms with Crippen LogP contribution in [-0.4, -0.2) is 17.3 Å². The maximum absolute atomic E-state index is 10.1. The normalized spacial score (nSPS) is 13.5. The van der Waals surface area contributed by atoms with Crippen molar-refractivity contribution in [2.24, 2.45) is 5.73 Å². The molecule has 0 aliphatic carbocycles. The van der Waals surface area contributed by atoms with Crippen molar-refractivity contribution < 1.29 is 9.84 Å². The second-order valence-electron chi connectivity index (χ2n) is 4.58. The minimum absolute atomic E-state index is 0.0345. The van der Waals surface area contributed by atoms with E-state index >= 15 is 0 Å². The van der Waals surface area contributed by atoms with E-state index in [9.17, 15) is 5.11 Å². The molecule has 0 aliphatic heterocycles. The van der Waals surface area contributed by atoms with Crippen LogP contribution in [0.4, 0.5) is 0 Å². The second-order valence-corrected chi connectivity index (χ2v) is 4.58. The Morgan fingerprint density at radius 2 is 1.76 bits per heavy atom. The van der Waals surface area contributed by atoms with Gasteiger partial charge in [-0.25, -0.2) is 0 Å². The maximum Gasteiger partial charge on any atom is 0.119 e. The number of hydrogen-bond acceptors (Lipinski definition) is 3. The van der Waals surface area contributed by atoms with Gasteiger partial charge in [0.15, 0.2) is 0 Å². The molecule has 0 saturated heterocycles. The molecule has 1 atom stereocenters. The lowest BCUT2D eigenvalue weighted by molar-refractivity contribution is -0.0113. The third kappa shape index (κ3) is 4.02. The molecule has 0 spiro atoms. The minimum Gasteiger partial charge on any atom is -0.491 e. The largest absolute Gasteiger partial charge is 0.491 e. The zero-order chi connectivity index (χ0) is 12.9. The molecule has 1 aromatic carbocycles. The number of aliphatic hydroxyl groups is 1. The molecule has 0 amide bonds. The first kappa shape index (κ1) is 14.0. The summed E-state index contributed by atoms with van der Waals surface area (Å²) in [6, 6.07) is 7.73. The van der Waals surface area contributed by atoms with Crippen LogP contribution < -0.4 is 10.5 Å². The Bertz CT molecular complexity index is 329. The monoisotopic (exact) mass is 237 g/mol. The summed E-state index contributed by atoms with van der Waals surface area (Å²) < 4.78 is 5.60. The van der Waals surface area contributed by atoms with Crippen LogP contribution in [-0.2, 0) is 0 Å². The molecule has 3 N–H and O–H groups in total. The summed E-state index contributed by atoms with van der Waals surface area (Å²) in [5.74, 6) is 0.773. The molecule has 3 nitrogen and oxygen atoms in total. The molecule has 17 heavy (non-hydrogen) atoms. The Kier molecular flexibility index (Phi) is 4.97. The highest BCUT2D eigenvalue weighted by Crippen LogP contribution is 2.20. The molecular formula is C14H23NO2. The fourth-order valence-electron chi connectivity index (χ4n) is 1.54. The van der Waals surface area contributed by atoms with Gasteiger partial charge in [-0.15, -0.1) is 0 Å². The van der Waals surface area contributed by atoms with Crippen molar-refractivity contribution in [1.82, 2.24) is 0 Å². The first-order chi connectivity index (χ1) is 8.00.